The van der Waals surface area contributed by atoms with Gasteiger partial charge in [-0.3, -0.25) is 13.9 Å². The lowest BCUT2D eigenvalue weighted by Gasteiger charge is -2.34. The predicted octanol–water partition coefficient (Wildman–Crippen LogP) is 5.71. The monoisotopic (exact) mass is 619 g/mol. The van der Waals surface area contributed by atoms with Crippen molar-refractivity contribution in [1.82, 2.24) is 10.2 Å². The molecule has 4 aromatic carbocycles. The molecular formula is C34H35F2N3O4S. The van der Waals surface area contributed by atoms with Crippen LogP contribution in [0, 0.1) is 11.6 Å². The first-order valence-electron chi connectivity index (χ1n) is 14.3. The molecule has 10 heteroatoms. The molecule has 4 rings (SSSR count). The second-order valence-electron chi connectivity index (χ2n) is 10.4. The van der Waals surface area contributed by atoms with Crippen LogP contribution in [0.15, 0.2) is 114 Å². The number of halogens is 2. The summed E-state index contributed by atoms with van der Waals surface area (Å²) in [6, 6.07) is 26.1. The highest BCUT2D eigenvalue weighted by Crippen LogP contribution is 2.27. The van der Waals surface area contributed by atoms with E-state index in [1.54, 1.807) is 6.07 Å². The Labute approximate surface area is 257 Å². The van der Waals surface area contributed by atoms with E-state index >= 15 is 4.39 Å². The quantitative estimate of drug-likeness (QED) is 0.208. The summed E-state index contributed by atoms with van der Waals surface area (Å²) in [4.78, 5) is 29.3. The molecule has 44 heavy (non-hydrogen) atoms. The van der Waals surface area contributed by atoms with E-state index in [1.807, 2.05) is 44.2 Å². The molecule has 230 valence electrons. The molecule has 4 aromatic rings. The molecule has 0 unspecified atom stereocenters. The normalized spacial score (nSPS) is 12.6. The zero-order valence-electron chi connectivity index (χ0n) is 24.6. The summed E-state index contributed by atoms with van der Waals surface area (Å²) in [6.07, 6.45) is 0.771. The first kappa shape index (κ1) is 32.3. The van der Waals surface area contributed by atoms with Gasteiger partial charge in [0.15, 0.2) is 0 Å². The Balaban J connectivity index is 1.81. The summed E-state index contributed by atoms with van der Waals surface area (Å²) in [5.41, 5.74) is 0.990. The Kier molecular flexibility index (Phi) is 10.8. The summed E-state index contributed by atoms with van der Waals surface area (Å²) in [5, 5.41) is 2.95. The molecule has 0 saturated carbocycles. The van der Waals surface area contributed by atoms with Crippen LogP contribution >= 0.6 is 0 Å². The second kappa shape index (κ2) is 14.7. The van der Waals surface area contributed by atoms with Crippen molar-refractivity contribution in [3.8, 4) is 0 Å². The first-order chi connectivity index (χ1) is 21.1. The van der Waals surface area contributed by atoms with Crippen molar-refractivity contribution >= 4 is 27.5 Å². The Morgan fingerprint density at radius 1 is 0.795 bits per heavy atom. The minimum absolute atomic E-state index is 0.124. The third-order valence-corrected chi connectivity index (χ3v) is 9.04. The topological polar surface area (TPSA) is 86.8 Å². The molecule has 0 saturated heterocycles. The molecule has 0 radical (unpaired) electrons. The molecule has 0 spiro atoms. The van der Waals surface area contributed by atoms with Crippen LogP contribution in [0.25, 0.3) is 0 Å². The highest BCUT2D eigenvalue weighted by Gasteiger charge is 2.35. The number of nitrogens with zero attached hydrogens (tertiary/aromatic N) is 2. The fourth-order valence-electron chi connectivity index (χ4n) is 4.67. The lowest BCUT2D eigenvalue weighted by Crippen LogP contribution is -2.54. The number of para-hydroxylation sites is 1. The molecule has 0 heterocycles. The molecule has 0 aromatic heterocycles. The van der Waals surface area contributed by atoms with Crippen LogP contribution in [0.2, 0.25) is 0 Å². The maximum atomic E-state index is 15.1. The third-order valence-electron chi connectivity index (χ3n) is 7.27. The summed E-state index contributed by atoms with van der Waals surface area (Å²) in [7, 11) is -4.42. The van der Waals surface area contributed by atoms with E-state index in [0.29, 0.717) is 12.0 Å². The maximum Gasteiger partial charge on any atom is 0.264 e. The number of carbonyl (C=O) groups excluding carboxylic acids is 2. The van der Waals surface area contributed by atoms with Gasteiger partial charge in [-0.25, -0.2) is 17.2 Å². The highest BCUT2D eigenvalue weighted by molar-refractivity contribution is 7.92. The molecule has 0 aliphatic heterocycles. The lowest BCUT2D eigenvalue weighted by molar-refractivity contribution is -0.140. The first-order valence-corrected chi connectivity index (χ1v) is 15.7. The lowest BCUT2D eigenvalue weighted by atomic mass is 10.0. The fourth-order valence-corrected chi connectivity index (χ4v) is 6.11. The van der Waals surface area contributed by atoms with Crippen LogP contribution in [0.4, 0.5) is 14.5 Å². The molecule has 0 aliphatic carbocycles. The number of anilines is 1. The van der Waals surface area contributed by atoms with E-state index < -0.39 is 46.1 Å². The maximum absolute atomic E-state index is 15.1. The number of sulfonamides is 1. The Hall–Kier alpha value is -4.57. The zero-order valence-corrected chi connectivity index (χ0v) is 25.4. The van der Waals surface area contributed by atoms with Crippen molar-refractivity contribution in [3.05, 3.63) is 132 Å². The number of hydrogen-bond acceptors (Lipinski definition) is 4. The van der Waals surface area contributed by atoms with E-state index in [0.717, 1.165) is 15.9 Å². The zero-order chi connectivity index (χ0) is 31.7. The van der Waals surface area contributed by atoms with Gasteiger partial charge in [-0.05, 0) is 60.9 Å². The third kappa shape index (κ3) is 8.08. The smallest absolute Gasteiger partial charge is 0.264 e. The average Bonchev–Trinajstić information content (AvgIpc) is 3.03. The number of amides is 2. The van der Waals surface area contributed by atoms with E-state index in [2.05, 4.69) is 5.32 Å². The number of carbonyl (C=O) groups is 2. The van der Waals surface area contributed by atoms with Crippen molar-refractivity contribution in [2.75, 3.05) is 10.8 Å². The van der Waals surface area contributed by atoms with Crippen LogP contribution in [-0.4, -0.2) is 43.8 Å². The number of nitrogens with one attached hydrogen (secondary N) is 1. The predicted molar refractivity (Wildman–Crippen MR) is 166 cm³/mol. The summed E-state index contributed by atoms with van der Waals surface area (Å²) in [5.74, 6) is -2.47. The van der Waals surface area contributed by atoms with Gasteiger partial charge in [0, 0.05) is 19.0 Å². The summed E-state index contributed by atoms with van der Waals surface area (Å²) in [6.45, 7) is 2.84. The average molecular weight is 620 g/mol. The number of hydrogen-bond donors (Lipinski definition) is 1. The van der Waals surface area contributed by atoms with Gasteiger partial charge in [0.2, 0.25) is 11.8 Å². The van der Waals surface area contributed by atoms with Gasteiger partial charge in [-0.15, -0.1) is 0 Å². The number of rotatable bonds is 13. The Morgan fingerprint density at radius 3 is 2.00 bits per heavy atom. The van der Waals surface area contributed by atoms with E-state index in [4.69, 9.17) is 0 Å². The Bertz CT molecular complexity index is 1650. The fraction of sp³-hybridized carbons (Fsp3) is 0.235. The second-order valence-corrected chi connectivity index (χ2v) is 12.3. The van der Waals surface area contributed by atoms with Crippen LogP contribution in [0.3, 0.4) is 0 Å². The van der Waals surface area contributed by atoms with Crippen LogP contribution in [-0.2, 0) is 32.6 Å². The summed E-state index contributed by atoms with van der Waals surface area (Å²) >= 11 is 0. The minimum Gasteiger partial charge on any atom is -0.352 e. The summed E-state index contributed by atoms with van der Waals surface area (Å²) < 4.78 is 57.4. The van der Waals surface area contributed by atoms with Gasteiger partial charge in [0.1, 0.15) is 24.2 Å². The molecule has 7 nitrogen and oxygen atoms in total. The van der Waals surface area contributed by atoms with Crippen LogP contribution in [0.1, 0.15) is 31.4 Å². The molecule has 2 amide bonds. The largest absolute Gasteiger partial charge is 0.352 e. The van der Waals surface area contributed by atoms with Crippen molar-refractivity contribution in [3.63, 3.8) is 0 Å². The molecular weight excluding hydrogens is 584 g/mol. The minimum atomic E-state index is -4.42. The molecule has 1 N–H and O–H groups in total. The molecule has 0 fully saturated rings. The van der Waals surface area contributed by atoms with Gasteiger partial charge in [-0.1, -0.05) is 79.7 Å². The number of benzene rings is 4. The van der Waals surface area contributed by atoms with Crippen molar-refractivity contribution in [2.45, 2.75) is 50.2 Å². The van der Waals surface area contributed by atoms with Gasteiger partial charge in [0.25, 0.3) is 10.0 Å². The molecule has 2 atom stereocenters. The standard InChI is InChI=1S/C34H35F2N3O4S/c1-3-25(2)37-34(41)32(22-26-12-6-4-7-13-26)38(23-27-18-20-28(35)21-19-27)33(40)24-39(31-17-11-10-16-30(31)36)44(42,43)29-14-8-5-9-15-29/h4-21,25,32H,3,22-24H2,1-2H3,(H,37,41)/t25-,32+/m1/s1. The van der Waals surface area contributed by atoms with E-state index in [1.165, 1.54) is 71.6 Å². The van der Waals surface area contributed by atoms with Gasteiger partial charge < -0.3 is 10.2 Å². The van der Waals surface area contributed by atoms with Crippen molar-refractivity contribution in [2.24, 2.45) is 0 Å². The molecule has 0 bridgehead atoms. The van der Waals surface area contributed by atoms with Crippen molar-refractivity contribution in [1.29, 1.82) is 0 Å². The highest BCUT2D eigenvalue weighted by atomic mass is 32.2. The SMILES string of the molecule is CC[C@@H](C)NC(=O)[C@H](Cc1ccccc1)N(Cc1ccc(F)cc1)C(=O)CN(c1ccccc1F)S(=O)(=O)c1ccccc1. The molecule has 0 aliphatic rings. The van der Waals surface area contributed by atoms with E-state index in [9.17, 15) is 22.4 Å². The van der Waals surface area contributed by atoms with Crippen molar-refractivity contribution < 1.29 is 26.8 Å². The Morgan fingerprint density at radius 2 is 1.39 bits per heavy atom. The van der Waals surface area contributed by atoms with Crippen LogP contribution < -0.4 is 9.62 Å². The van der Waals surface area contributed by atoms with Gasteiger partial charge in [-0.2, -0.15) is 0 Å². The van der Waals surface area contributed by atoms with Gasteiger partial charge >= 0.3 is 0 Å². The van der Waals surface area contributed by atoms with Gasteiger partial charge in [0.05, 0.1) is 10.6 Å². The van der Waals surface area contributed by atoms with Crippen LogP contribution in [0.5, 0.6) is 0 Å². The van der Waals surface area contributed by atoms with E-state index in [-0.39, 0.29) is 29.6 Å².